The fraction of sp³-hybridized carbons (Fsp3) is 0.632. The number of nitrogens with zero attached hydrogens (tertiary/aromatic N) is 2. The van der Waals surface area contributed by atoms with Crippen LogP contribution in [0.5, 0.6) is 5.75 Å². The van der Waals surface area contributed by atoms with Crippen molar-refractivity contribution in [3.63, 3.8) is 0 Å². The Morgan fingerprint density at radius 1 is 1.21 bits per heavy atom. The normalized spacial score (nSPS) is 17.8. The number of hydrogen-bond acceptors (Lipinski definition) is 4. The number of alkyl halides is 3. The van der Waals surface area contributed by atoms with Crippen LogP contribution in [0.3, 0.4) is 0 Å². The maximum Gasteiger partial charge on any atom is 0.416 e. The van der Waals surface area contributed by atoms with Gasteiger partial charge in [0.2, 0.25) is 0 Å². The molecule has 158 valence electrons. The third kappa shape index (κ3) is 7.20. The van der Waals surface area contributed by atoms with E-state index in [9.17, 15) is 13.2 Å². The minimum absolute atomic E-state index is 0.321. The number of nitrogens with one attached hydrogen (secondary N) is 1. The summed E-state index contributed by atoms with van der Waals surface area (Å²) in [4.78, 5) is 6.46. The zero-order valence-electron chi connectivity index (χ0n) is 16.3. The molecule has 28 heavy (non-hydrogen) atoms. The van der Waals surface area contributed by atoms with Crippen LogP contribution in [-0.4, -0.2) is 71.1 Å². The molecule has 1 heterocycles. The van der Waals surface area contributed by atoms with E-state index in [1.165, 1.54) is 12.1 Å². The molecule has 2 rings (SSSR count). The lowest BCUT2D eigenvalue weighted by atomic mass is 10.1. The smallest absolute Gasteiger partial charge is 0.416 e. The van der Waals surface area contributed by atoms with Crippen LogP contribution in [0.4, 0.5) is 13.2 Å². The molecule has 1 N–H and O–H groups in total. The van der Waals surface area contributed by atoms with Gasteiger partial charge in [-0.2, -0.15) is 13.2 Å². The lowest BCUT2D eigenvalue weighted by molar-refractivity contribution is -0.137. The summed E-state index contributed by atoms with van der Waals surface area (Å²) in [6.07, 6.45) is -3.30. The Morgan fingerprint density at radius 3 is 2.61 bits per heavy atom. The molecule has 0 spiro atoms. The average Bonchev–Trinajstić information content (AvgIpc) is 3.14. The molecule has 0 bridgehead atoms. The van der Waals surface area contributed by atoms with Gasteiger partial charge in [0.1, 0.15) is 12.4 Å². The molecule has 1 fully saturated rings. The summed E-state index contributed by atoms with van der Waals surface area (Å²) in [5.74, 6) is 1.65. The van der Waals surface area contributed by atoms with Gasteiger partial charge in [0.25, 0.3) is 0 Å². The number of hydrogen-bond donors (Lipinski definition) is 1. The Morgan fingerprint density at radius 2 is 1.96 bits per heavy atom. The van der Waals surface area contributed by atoms with Gasteiger partial charge < -0.3 is 24.4 Å². The number of rotatable bonds is 9. The van der Waals surface area contributed by atoms with Crippen LogP contribution >= 0.6 is 0 Å². The Balaban J connectivity index is 1.67. The van der Waals surface area contributed by atoms with Crippen LogP contribution in [0.15, 0.2) is 29.3 Å². The van der Waals surface area contributed by atoms with Crippen molar-refractivity contribution < 1.29 is 27.4 Å². The van der Waals surface area contributed by atoms with E-state index in [1.54, 1.807) is 14.2 Å². The zero-order valence-corrected chi connectivity index (χ0v) is 16.3. The van der Waals surface area contributed by atoms with Crippen LogP contribution in [0.2, 0.25) is 0 Å². The van der Waals surface area contributed by atoms with Crippen molar-refractivity contribution in [3.8, 4) is 5.75 Å². The Hall–Kier alpha value is -2.00. The van der Waals surface area contributed by atoms with Crippen molar-refractivity contribution in [3.05, 3.63) is 29.8 Å². The molecule has 1 unspecified atom stereocenters. The molecule has 1 atom stereocenters. The minimum atomic E-state index is -4.34. The zero-order chi connectivity index (χ0) is 20.4. The van der Waals surface area contributed by atoms with E-state index in [0.29, 0.717) is 44.6 Å². The van der Waals surface area contributed by atoms with Crippen molar-refractivity contribution in [2.75, 3.05) is 60.2 Å². The number of benzene rings is 1. The van der Waals surface area contributed by atoms with Crippen LogP contribution in [0.1, 0.15) is 12.0 Å². The second-order valence-electron chi connectivity index (χ2n) is 6.51. The molecule has 1 aliphatic rings. The van der Waals surface area contributed by atoms with E-state index in [4.69, 9.17) is 14.2 Å². The third-order valence-electron chi connectivity index (χ3n) is 4.42. The lowest BCUT2D eigenvalue weighted by Crippen LogP contribution is -2.41. The molecular formula is C19H28F3N3O3. The second-order valence-corrected chi connectivity index (χ2v) is 6.51. The molecule has 1 aromatic carbocycles. The Kier molecular flexibility index (Phi) is 8.85. The van der Waals surface area contributed by atoms with E-state index in [-0.39, 0.29) is 0 Å². The number of likely N-dealkylation sites (tertiary alicyclic amines) is 1. The van der Waals surface area contributed by atoms with Crippen molar-refractivity contribution in [2.45, 2.75) is 12.6 Å². The minimum Gasteiger partial charge on any atom is -0.492 e. The molecule has 0 aromatic heterocycles. The molecule has 1 saturated heterocycles. The first kappa shape index (κ1) is 22.3. The summed E-state index contributed by atoms with van der Waals surface area (Å²) in [7, 11) is 3.37. The van der Waals surface area contributed by atoms with Crippen molar-refractivity contribution in [1.29, 1.82) is 0 Å². The summed E-state index contributed by atoms with van der Waals surface area (Å²) < 4.78 is 53.7. The molecule has 0 radical (unpaired) electrons. The molecule has 0 saturated carbocycles. The van der Waals surface area contributed by atoms with Gasteiger partial charge in [0.15, 0.2) is 5.96 Å². The monoisotopic (exact) mass is 403 g/mol. The maximum absolute atomic E-state index is 12.6. The van der Waals surface area contributed by atoms with Gasteiger partial charge in [0.05, 0.1) is 31.9 Å². The Bertz CT molecular complexity index is 609. The summed E-state index contributed by atoms with van der Waals surface area (Å²) >= 11 is 0. The van der Waals surface area contributed by atoms with Gasteiger partial charge >= 0.3 is 6.18 Å². The van der Waals surface area contributed by atoms with Crippen LogP contribution in [0, 0.1) is 5.92 Å². The highest BCUT2D eigenvalue weighted by atomic mass is 19.4. The van der Waals surface area contributed by atoms with Crippen molar-refractivity contribution in [2.24, 2.45) is 10.9 Å². The van der Waals surface area contributed by atoms with E-state index >= 15 is 0 Å². The molecular weight excluding hydrogens is 375 g/mol. The Labute approximate surface area is 163 Å². The van der Waals surface area contributed by atoms with Gasteiger partial charge in [-0.05, 0) is 30.7 Å². The summed E-state index contributed by atoms with van der Waals surface area (Å²) in [5, 5.41) is 3.22. The molecule has 1 aromatic rings. The van der Waals surface area contributed by atoms with Crippen molar-refractivity contribution >= 4 is 5.96 Å². The molecule has 1 aliphatic heterocycles. The van der Waals surface area contributed by atoms with Gasteiger partial charge in [-0.1, -0.05) is 0 Å². The number of ether oxygens (including phenoxy) is 3. The fourth-order valence-corrected chi connectivity index (χ4v) is 2.96. The second kappa shape index (κ2) is 11.1. The molecule has 6 nitrogen and oxygen atoms in total. The van der Waals surface area contributed by atoms with Gasteiger partial charge in [-0.25, -0.2) is 0 Å². The fourth-order valence-electron chi connectivity index (χ4n) is 2.96. The molecule has 9 heteroatoms. The summed E-state index contributed by atoms with van der Waals surface area (Å²) in [6.45, 7) is 4.48. The highest BCUT2D eigenvalue weighted by Crippen LogP contribution is 2.30. The van der Waals surface area contributed by atoms with Gasteiger partial charge in [-0.15, -0.1) is 0 Å². The first-order valence-corrected chi connectivity index (χ1v) is 9.26. The number of methoxy groups -OCH3 is 1. The van der Waals surface area contributed by atoms with Crippen LogP contribution < -0.4 is 10.1 Å². The first-order valence-electron chi connectivity index (χ1n) is 9.26. The quantitative estimate of drug-likeness (QED) is 0.390. The number of guanidine groups is 1. The standard InChI is InChI=1S/C19H28F3N3O3/c1-23-18(25-9-7-15(13-25)14-27-12-11-26-2)24-8-10-28-17-5-3-16(4-6-17)19(20,21)22/h3-6,15H,7-14H2,1-2H3,(H,23,24). The molecule has 0 aliphatic carbocycles. The van der Waals surface area contributed by atoms with Crippen LogP contribution in [0.25, 0.3) is 0 Å². The van der Waals surface area contributed by atoms with Gasteiger partial charge in [0, 0.05) is 33.2 Å². The highest BCUT2D eigenvalue weighted by molar-refractivity contribution is 5.80. The van der Waals surface area contributed by atoms with Gasteiger partial charge in [-0.3, -0.25) is 4.99 Å². The lowest BCUT2D eigenvalue weighted by Gasteiger charge is -2.21. The van der Waals surface area contributed by atoms with E-state index in [1.807, 2.05) is 0 Å². The summed E-state index contributed by atoms with van der Waals surface area (Å²) in [5.41, 5.74) is -0.687. The SMILES string of the molecule is CN=C(NCCOc1ccc(C(F)(F)F)cc1)N1CCC(COCCOC)C1. The predicted molar refractivity (Wildman–Crippen MR) is 101 cm³/mol. The van der Waals surface area contributed by atoms with E-state index in [2.05, 4.69) is 15.2 Å². The van der Waals surface area contributed by atoms with E-state index in [0.717, 1.165) is 37.6 Å². The third-order valence-corrected chi connectivity index (χ3v) is 4.42. The highest BCUT2D eigenvalue weighted by Gasteiger charge is 2.30. The first-order chi connectivity index (χ1) is 13.4. The van der Waals surface area contributed by atoms with Crippen molar-refractivity contribution in [1.82, 2.24) is 10.2 Å². The van der Waals surface area contributed by atoms with E-state index < -0.39 is 11.7 Å². The summed E-state index contributed by atoms with van der Waals surface area (Å²) in [6, 6.07) is 4.68. The average molecular weight is 403 g/mol. The maximum atomic E-state index is 12.6. The van der Waals surface area contributed by atoms with Crippen LogP contribution in [-0.2, 0) is 15.7 Å². The largest absolute Gasteiger partial charge is 0.492 e. The molecule has 0 amide bonds. The number of aliphatic imine (C=N–C) groups is 1. The number of halogens is 3. The topological polar surface area (TPSA) is 55.3 Å². The predicted octanol–water partition coefficient (Wildman–Crippen LogP) is 2.64.